The molecule has 0 saturated heterocycles. The Bertz CT molecular complexity index is 250. The van der Waals surface area contributed by atoms with Gasteiger partial charge in [0, 0.05) is 0 Å². The van der Waals surface area contributed by atoms with Crippen molar-refractivity contribution in [1.82, 2.24) is 5.32 Å². The minimum atomic E-state index is -0.634. The van der Waals surface area contributed by atoms with Crippen LogP contribution in [0.2, 0.25) is 0 Å². The molecule has 0 aromatic rings. The fraction of sp³-hybridized carbons (Fsp3) is 0.636. The normalized spacial score (nSPS) is 12.0. The van der Waals surface area contributed by atoms with E-state index in [1.165, 1.54) is 7.11 Å². The Morgan fingerprint density at radius 1 is 1.44 bits per heavy atom. The van der Waals surface area contributed by atoms with Crippen molar-refractivity contribution in [3.05, 3.63) is 12.7 Å². The number of nitrogens with one attached hydrogen (secondary N) is 1. The lowest BCUT2D eigenvalue weighted by molar-refractivity contribution is -0.146. The summed E-state index contributed by atoms with van der Waals surface area (Å²) in [5.74, 6) is -0.825. The maximum Gasteiger partial charge on any atom is 0.328 e. The van der Waals surface area contributed by atoms with Crippen molar-refractivity contribution < 1.29 is 19.1 Å². The zero-order chi connectivity index (χ0) is 12.6. The van der Waals surface area contributed by atoms with Crippen LogP contribution in [0.4, 0.5) is 0 Å². The molecule has 0 aromatic heterocycles. The Morgan fingerprint density at radius 3 is 2.50 bits per heavy atom. The highest BCUT2D eigenvalue weighted by atomic mass is 16.5. The molecule has 0 aliphatic heterocycles. The number of carbonyl (C=O) groups is 2. The predicted octanol–water partition coefficient (Wildman–Crippen LogP) is 0.503. The van der Waals surface area contributed by atoms with Gasteiger partial charge in [0.25, 0.3) is 0 Å². The van der Waals surface area contributed by atoms with E-state index < -0.39 is 12.0 Å². The van der Waals surface area contributed by atoms with Gasteiger partial charge in [-0.2, -0.15) is 0 Å². The Labute approximate surface area is 95.8 Å². The van der Waals surface area contributed by atoms with Gasteiger partial charge in [-0.3, -0.25) is 4.79 Å². The van der Waals surface area contributed by atoms with Gasteiger partial charge < -0.3 is 14.8 Å². The van der Waals surface area contributed by atoms with Crippen molar-refractivity contribution >= 4 is 11.9 Å². The van der Waals surface area contributed by atoms with Crippen molar-refractivity contribution in [3.63, 3.8) is 0 Å². The molecule has 0 fully saturated rings. The number of hydrogen-bond donors (Lipinski definition) is 1. The molecule has 1 amide bonds. The molecule has 0 radical (unpaired) electrons. The molecule has 1 N–H and O–H groups in total. The van der Waals surface area contributed by atoms with Gasteiger partial charge in [-0.05, 0) is 5.92 Å². The van der Waals surface area contributed by atoms with Gasteiger partial charge in [-0.1, -0.05) is 19.9 Å². The van der Waals surface area contributed by atoms with Gasteiger partial charge in [0.2, 0.25) is 5.91 Å². The molecule has 0 rings (SSSR count). The zero-order valence-electron chi connectivity index (χ0n) is 9.99. The Balaban J connectivity index is 4.13. The van der Waals surface area contributed by atoms with Crippen LogP contribution >= 0.6 is 0 Å². The highest BCUT2D eigenvalue weighted by molar-refractivity contribution is 5.85. The average Bonchev–Trinajstić information content (AvgIpc) is 2.25. The topological polar surface area (TPSA) is 64.6 Å². The summed E-state index contributed by atoms with van der Waals surface area (Å²) in [6.45, 7) is 7.32. The van der Waals surface area contributed by atoms with Gasteiger partial charge in [-0.15, -0.1) is 6.58 Å². The molecule has 0 aromatic carbocycles. The summed E-state index contributed by atoms with van der Waals surface area (Å²) < 4.78 is 9.55. The lowest BCUT2D eigenvalue weighted by Crippen LogP contribution is -2.46. The number of amides is 1. The van der Waals surface area contributed by atoms with Crippen LogP contribution in [0.3, 0.4) is 0 Å². The van der Waals surface area contributed by atoms with Crippen molar-refractivity contribution in [1.29, 1.82) is 0 Å². The van der Waals surface area contributed by atoms with E-state index in [0.29, 0.717) is 6.61 Å². The minimum Gasteiger partial charge on any atom is -0.467 e. The number of hydrogen-bond acceptors (Lipinski definition) is 4. The summed E-state index contributed by atoms with van der Waals surface area (Å²) in [6.07, 6.45) is 1.55. The van der Waals surface area contributed by atoms with Gasteiger partial charge in [0.15, 0.2) is 0 Å². The second kappa shape index (κ2) is 7.87. The van der Waals surface area contributed by atoms with E-state index in [4.69, 9.17) is 4.74 Å². The molecule has 0 unspecified atom stereocenters. The van der Waals surface area contributed by atoms with Crippen LogP contribution in [0, 0.1) is 5.92 Å². The maximum absolute atomic E-state index is 11.4. The summed E-state index contributed by atoms with van der Waals surface area (Å²) in [5.41, 5.74) is 0. The third kappa shape index (κ3) is 5.50. The van der Waals surface area contributed by atoms with E-state index in [2.05, 4.69) is 16.6 Å². The second-order valence-corrected chi connectivity index (χ2v) is 3.62. The van der Waals surface area contributed by atoms with E-state index >= 15 is 0 Å². The number of ether oxygens (including phenoxy) is 2. The lowest BCUT2D eigenvalue weighted by atomic mass is 10.0. The summed E-state index contributed by atoms with van der Waals surface area (Å²) >= 11 is 0. The fourth-order valence-corrected chi connectivity index (χ4v) is 1.07. The predicted molar refractivity (Wildman–Crippen MR) is 59.8 cm³/mol. The van der Waals surface area contributed by atoms with Crippen LogP contribution in [-0.4, -0.2) is 38.2 Å². The summed E-state index contributed by atoms with van der Waals surface area (Å²) in [5, 5.41) is 2.55. The first-order valence-corrected chi connectivity index (χ1v) is 5.08. The van der Waals surface area contributed by atoms with Crippen LogP contribution in [0.1, 0.15) is 13.8 Å². The van der Waals surface area contributed by atoms with Crippen LogP contribution in [0.25, 0.3) is 0 Å². The molecule has 5 nitrogen and oxygen atoms in total. The molecule has 1 atom stereocenters. The van der Waals surface area contributed by atoms with Gasteiger partial charge in [-0.25, -0.2) is 4.79 Å². The van der Waals surface area contributed by atoms with Crippen LogP contribution in [0.5, 0.6) is 0 Å². The van der Waals surface area contributed by atoms with Gasteiger partial charge in [0.1, 0.15) is 12.6 Å². The largest absolute Gasteiger partial charge is 0.467 e. The van der Waals surface area contributed by atoms with E-state index in [-0.39, 0.29) is 18.4 Å². The maximum atomic E-state index is 11.4. The first kappa shape index (κ1) is 14.6. The lowest BCUT2D eigenvalue weighted by Gasteiger charge is -2.19. The molecule has 0 bridgehead atoms. The standard InChI is InChI=1S/C11H19NO4/c1-5-6-16-7-9(13)12-10(8(2)3)11(14)15-4/h5,8,10H,1,6-7H2,2-4H3,(H,12,13)/t10-/m0/s1. The number of rotatable bonds is 7. The monoisotopic (exact) mass is 229 g/mol. The van der Waals surface area contributed by atoms with Gasteiger partial charge >= 0.3 is 5.97 Å². The first-order valence-electron chi connectivity index (χ1n) is 5.08. The summed E-state index contributed by atoms with van der Waals surface area (Å²) in [6, 6.07) is -0.634. The Kier molecular flexibility index (Phi) is 7.20. The summed E-state index contributed by atoms with van der Waals surface area (Å²) in [4.78, 5) is 22.7. The van der Waals surface area contributed by atoms with E-state index in [1.807, 2.05) is 13.8 Å². The Morgan fingerprint density at radius 2 is 2.06 bits per heavy atom. The first-order chi connectivity index (χ1) is 7.52. The molecule has 16 heavy (non-hydrogen) atoms. The molecule has 0 spiro atoms. The fourth-order valence-electron chi connectivity index (χ4n) is 1.07. The van der Waals surface area contributed by atoms with E-state index in [9.17, 15) is 9.59 Å². The molecule has 0 heterocycles. The molecular formula is C11H19NO4. The van der Waals surface area contributed by atoms with Crippen LogP contribution < -0.4 is 5.32 Å². The van der Waals surface area contributed by atoms with Gasteiger partial charge in [0.05, 0.1) is 13.7 Å². The quantitative estimate of drug-likeness (QED) is 0.392. The van der Waals surface area contributed by atoms with E-state index in [1.54, 1.807) is 6.08 Å². The zero-order valence-corrected chi connectivity index (χ0v) is 9.99. The second-order valence-electron chi connectivity index (χ2n) is 3.62. The third-order valence-electron chi connectivity index (χ3n) is 1.91. The smallest absolute Gasteiger partial charge is 0.328 e. The third-order valence-corrected chi connectivity index (χ3v) is 1.91. The molecule has 5 heteroatoms. The highest BCUT2D eigenvalue weighted by Gasteiger charge is 2.24. The number of esters is 1. The van der Waals surface area contributed by atoms with Crippen molar-refractivity contribution in [2.24, 2.45) is 5.92 Å². The van der Waals surface area contributed by atoms with E-state index in [0.717, 1.165) is 0 Å². The Hall–Kier alpha value is -1.36. The molecular weight excluding hydrogens is 210 g/mol. The van der Waals surface area contributed by atoms with Crippen molar-refractivity contribution in [2.75, 3.05) is 20.3 Å². The minimum absolute atomic E-state index is 0.0317. The number of methoxy groups -OCH3 is 1. The molecule has 0 aliphatic carbocycles. The molecule has 0 saturated carbocycles. The van der Waals surface area contributed by atoms with Crippen LogP contribution in [-0.2, 0) is 19.1 Å². The number of carbonyl (C=O) groups excluding carboxylic acids is 2. The van der Waals surface area contributed by atoms with Crippen LogP contribution in [0.15, 0.2) is 12.7 Å². The molecule has 92 valence electrons. The molecule has 0 aliphatic rings. The average molecular weight is 229 g/mol. The SMILES string of the molecule is C=CCOCC(=O)N[C@H](C(=O)OC)C(C)C. The van der Waals surface area contributed by atoms with Crippen molar-refractivity contribution in [2.45, 2.75) is 19.9 Å². The summed E-state index contributed by atoms with van der Waals surface area (Å²) in [7, 11) is 1.29. The highest BCUT2D eigenvalue weighted by Crippen LogP contribution is 2.03. The van der Waals surface area contributed by atoms with Crippen molar-refractivity contribution in [3.8, 4) is 0 Å².